The summed E-state index contributed by atoms with van der Waals surface area (Å²) in [5.41, 5.74) is 3.25. The number of piperazine rings is 1. The third-order valence-corrected chi connectivity index (χ3v) is 6.77. The average molecular weight is 434 g/mol. The molecule has 3 aromatic heterocycles. The van der Waals surface area contributed by atoms with Gasteiger partial charge in [0.25, 0.3) is 5.56 Å². The fourth-order valence-electron chi connectivity index (χ4n) is 4.03. The van der Waals surface area contributed by atoms with E-state index >= 15 is 0 Å². The van der Waals surface area contributed by atoms with Crippen molar-refractivity contribution in [2.75, 3.05) is 33.2 Å². The largest absolute Gasteiger partial charge is 0.343 e. The lowest BCUT2D eigenvalue weighted by Crippen LogP contribution is -2.48. The number of aryl methyl sites for hydroxylation is 1. The number of amides is 1. The van der Waals surface area contributed by atoms with E-state index in [1.807, 2.05) is 43.7 Å². The standard InChI is InChI=1S/C23H23N5O2S/c1-14-9-15(3-5-28-7-6-27(2)20(29)13-28)10-17-21(14)25-22(26-23(17)30)18-11-19-16(12-24-18)4-8-31-19/h4,8-12H,3,5-7,13H2,1-2H3,(H,25,26,30). The van der Waals surface area contributed by atoms with Crippen LogP contribution >= 0.6 is 11.3 Å². The van der Waals surface area contributed by atoms with Gasteiger partial charge in [-0.2, -0.15) is 0 Å². The van der Waals surface area contributed by atoms with Gasteiger partial charge in [-0.1, -0.05) is 6.07 Å². The van der Waals surface area contributed by atoms with Gasteiger partial charge in [0.15, 0.2) is 5.82 Å². The Hall–Kier alpha value is -3.10. The zero-order chi connectivity index (χ0) is 21.5. The van der Waals surface area contributed by atoms with Crippen LogP contribution in [0.15, 0.2) is 40.6 Å². The predicted molar refractivity (Wildman–Crippen MR) is 123 cm³/mol. The van der Waals surface area contributed by atoms with Crippen molar-refractivity contribution in [3.05, 3.63) is 57.3 Å². The first-order valence-electron chi connectivity index (χ1n) is 10.3. The quantitative estimate of drug-likeness (QED) is 0.535. The van der Waals surface area contributed by atoms with Gasteiger partial charge in [-0.15, -0.1) is 11.3 Å². The van der Waals surface area contributed by atoms with Crippen LogP contribution < -0.4 is 5.56 Å². The monoisotopic (exact) mass is 433 g/mol. The zero-order valence-corrected chi connectivity index (χ0v) is 18.3. The second-order valence-corrected chi connectivity index (χ2v) is 9.04. The van der Waals surface area contributed by atoms with Gasteiger partial charge in [-0.05, 0) is 48.1 Å². The Morgan fingerprint density at radius 3 is 2.90 bits per heavy atom. The number of rotatable bonds is 4. The molecular formula is C23H23N5O2S. The van der Waals surface area contributed by atoms with E-state index in [9.17, 15) is 9.59 Å². The molecule has 5 rings (SSSR count). The van der Waals surface area contributed by atoms with Gasteiger partial charge < -0.3 is 9.88 Å². The Morgan fingerprint density at radius 1 is 1.19 bits per heavy atom. The molecule has 0 unspecified atom stereocenters. The molecule has 7 nitrogen and oxygen atoms in total. The predicted octanol–water partition coefficient (Wildman–Crippen LogP) is 2.82. The number of aromatic amines is 1. The molecule has 31 heavy (non-hydrogen) atoms. The van der Waals surface area contributed by atoms with E-state index in [-0.39, 0.29) is 11.5 Å². The molecule has 0 radical (unpaired) electrons. The number of nitrogens with one attached hydrogen (secondary N) is 1. The minimum atomic E-state index is -0.159. The van der Waals surface area contributed by atoms with Crippen LogP contribution in [0.1, 0.15) is 11.1 Å². The van der Waals surface area contributed by atoms with Gasteiger partial charge in [0.05, 0.1) is 17.4 Å². The highest BCUT2D eigenvalue weighted by Gasteiger charge is 2.20. The molecule has 0 saturated carbocycles. The first kappa shape index (κ1) is 19.8. The summed E-state index contributed by atoms with van der Waals surface area (Å²) in [4.78, 5) is 40.9. The molecule has 1 aliphatic heterocycles. The topological polar surface area (TPSA) is 82.2 Å². The van der Waals surface area contributed by atoms with E-state index in [0.29, 0.717) is 29.0 Å². The fraction of sp³-hybridized carbons (Fsp3) is 0.304. The van der Waals surface area contributed by atoms with Crippen LogP contribution in [0.3, 0.4) is 0 Å². The minimum Gasteiger partial charge on any atom is -0.343 e. The summed E-state index contributed by atoms with van der Waals surface area (Å²) < 4.78 is 1.11. The third kappa shape index (κ3) is 3.84. The summed E-state index contributed by atoms with van der Waals surface area (Å²) in [7, 11) is 1.84. The SMILES string of the molecule is Cc1cc(CCN2CCN(C)C(=O)C2)cc2c(=O)[nH]c(-c3cc4sccc4cn3)nc12. The number of carbonyl (C=O) groups is 1. The highest BCUT2D eigenvalue weighted by molar-refractivity contribution is 7.17. The second-order valence-electron chi connectivity index (χ2n) is 8.09. The number of carbonyl (C=O) groups excluding carboxylic acids is 1. The Kier molecular flexibility index (Phi) is 5.03. The van der Waals surface area contributed by atoms with E-state index in [0.717, 1.165) is 47.3 Å². The van der Waals surface area contributed by atoms with Gasteiger partial charge in [-0.3, -0.25) is 19.5 Å². The van der Waals surface area contributed by atoms with E-state index in [4.69, 9.17) is 4.98 Å². The van der Waals surface area contributed by atoms with Crippen molar-refractivity contribution in [2.24, 2.45) is 0 Å². The number of hydrogen-bond acceptors (Lipinski definition) is 6. The van der Waals surface area contributed by atoms with Crippen LogP contribution in [-0.2, 0) is 11.2 Å². The number of H-pyrrole nitrogens is 1. The number of thiophene rings is 1. The number of pyridine rings is 1. The molecule has 8 heteroatoms. The number of likely N-dealkylation sites (N-methyl/N-ethyl adjacent to an activating group) is 1. The lowest BCUT2D eigenvalue weighted by Gasteiger charge is -2.31. The van der Waals surface area contributed by atoms with Gasteiger partial charge in [0, 0.05) is 43.0 Å². The van der Waals surface area contributed by atoms with Crippen LogP contribution in [0.25, 0.3) is 32.5 Å². The maximum Gasteiger partial charge on any atom is 0.259 e. The molecule has 1 N–H and O–H groups in total. The molecule has 4 aromatic rings. The maximum atomic E-state index is 12.9. The van der Waals surface area contributed by atoms with Crippen LogP contribution in [0.2, 0.25) is 0 Å². The number of fused-ring (bicyclic) bond motifs is 2. The summed E-state index contributed by atoms with van der Waals surface area (Å²) in [6.07, 6.45) is 2.59. The Labute approximate surface area is 183 Å². The highest BCUT2D eigenvalue weighted by atomic mass is 32.1. The zero-order valence-electron chi connectivity index (χ0n) is 17.5. The lowest BCUT2D eigenvalue weighted by molar-refractivity contribution is -0.134. The van der Waals surface area contributed by atoms with E-state index in [1.165, 1.54) is 0 Å². The Balaban J connectivity index is 1.43. The van der Waals surface area contributed by atoms with Crippen molar-refractivity contribution in [3.8, 4) is 11.5 Å². The Morgan fingerprint density at radius 2 is 2.06 bits per heavy atom. The molecule has 1 amide bonds. The van der Waals surface area contributed by atoms with Crippen LogP contribution in [0.5, 0.6) is 0 Å². The van der Waals surface area contributed by atoms with Crippen molar-refractivity contribution >= 4 is 38.2 Å². The molecular weight excluding hydrogens is 410 g/mol. The molecule has 1 aliphatic rings. The summed E-state index contributed by atoms with van der Waals surface area (Å²) in [6, 6.07) is 8.00. The molecule has 1 aromatic carbocycles. The van der Waals surface area contributed by atoms with Gasteiger partial charge in [0.2, 0.25) is 5.91 Å². The van der Waals surface area contributed by atoms with Crippen LogP contribution in [-0.4, -0.2) is 63.9 Å². The van der Waals surface area contributed by atoms with Crippen molar-refractivity contribution in [1.82, 2.24) is 24.8 Å². The molecule has 0 aliphatic carbocycles. The second kappa shape index (κ2) is 7.86. The smallest absolute Gasteiger partial charge is 0.259 e. The molecule has 1 saturated heterocycles. The van der Waals surface area contributed by atoms with Crippen molar-refractivity contribution in [2.45, 2.75) is 13.3 Å². The normalized spacial score (nSPS) is 15.3. The summed E-state index contributed by atoms with van der Waals surface area (Å²) in [5, 5.41) is 3.70. The molecule has 0 atom stereocenters. The number of benzene rings is 1. The van der Waals surface area contributed by atoms with Gasteiger partial charge in [0.1, 0.15) is 5.69 Å². The fourth-order valence-corrected chi connectivity index (χ4v) is 4.82. The van der Waals surface area contributed by atoms with Gasteiger partial charge >= 0.3 is 0 Å². The van der Waals surface area contributed by atoms with Crippen molar-refractivity contribution in [3.63, 3.8) is 0 Å². The number of nitrogens with zero attached hydrogens (tertiary/aromatic N) is 4. The van der Waals surface area contributed by atoms with E-state index in [2.05, 4.69) is 20.9 Å². The van der Waals surface area contributed by atoms with Gasteiger partial charge in [-0.25, -0.2) is 4.98 Å². The maximum absolute atomic E-state index is 12.9. The van der Waals surface area contributed by atoms with Crippen molar-refractivity contribution < 1.29 is 4.79 Å². The Bertz CT molecular complexity index is 1360. The first-order valence-corrected chi connectivity index (χ1v) is 11.2. The van der Waals surface area contributed by atoms with Crippen molar-refractivity contribution in [1.29, 1.82) is 0 Å². The first-order chi connectivity index (χ1) is 15.0. The number of aromatic nitrogens is 3. The third-order valence-electron chi connectivity index (χ3n) is 5.89. The minimum absolute atomic E-state index is 0.156. The molecule has 0 spiro atoms. The highest BCUT2D eigenvalue weighted by Crippen LogP contribution is 2.25. The van der Waals surface area contributed by atoms with E-state index < -0.39 is 0 Å². The van der Waals surface area contributed by atoms with Crippen LogP contribution in [0, 0.1) is 6.92 Å². The summed E-state index contributed by atoms with van der Waals surface area (Å²) >= 11 is 1.64. The number of hydrogen-bond donors (Lipinski definition) is 1. The van der Waals surface area contributed by atoms with Crippen LogP contribution in [0.4, 0.5) is 0 Å². The average Bonchev–Trinajstić information content (AvgIpc) is 3.23. The summed E-state index contributed by atoms with van der Waals surface area (Å²) in [5.74, 6) is 0.642. The molecule has 1 fully saturated rings. The molecule has 4 heterocycles. The molecule has 158 valence electrons. The lowest BCUT2D eigenvalue weighted by atomic mass is 10.0. The summed E-state index contributed by atoms with van der Waals surface area (Å²) in [6.45, 7) is 4.86. The molecule has 0 bridgehead atoms. The van der Waals surface area contributed by atoms with E-state index in [1.54, 1.807) is 16.2 Å².